The first-order chi connectivity index (χ1) is 12.5. The molecule has 138 valence electrons. The molecule has 3 rings (SSSR count). The number of hydrogen-bond acceptors (Lipinski definition) is 5. The second kappa shape index (κ2) is 8.82. The standard InChI is InChI=1S/C20H24N2O2S2/c1-13-11-14(2)21-15(3)19(13)22-18(23)12-24-17-7-5-16(6-8-17)20-25-9-4-10-26-20/h5-8,11,20H,4,9-10,12H2,1-3H3,(H,22,23). The predicted octanol–water partition coefficient (Wildman–Crippen LogP) is 4.89. The minimum absolute atomic E-state index is 0.0148. The van der Waals surface area contributed by atoms with E-state index in [1.165, 1.54) is 23.5 Å². The van der Waals surface area contributed by atoms with E-state index in [4.69, 9.17) is 4.74 Å². The molecule has 2 heterocycles. The number of carbonyl (C=O) groups is 1. The van der Waals surface area contributed by atoms with E-state index in [0.29, 0.717) is 10.3 Å². The van der Waals surface area contributed by atoms with Crippen LogP contribution >= 0.6 is 23.5 Å². The van der Waals surface area contributed by atoms with Crippen molar-refractivity contribution in [2.24, 2.45) is 0 Å². The lowest BCUT2D eigenvalue weighted by Crippen LogP contribution is -2.21. The zero-order chi connectivity index (χ0) is 18.5. The van der Waals surface area contributed by atoms with Gasteiger partial charge in [-0.2, -0.15) is 0 Å². The second-order valence-electron chi connectivity index (χ2n) is 6.37. The van der Waals surface area contributed by atoms with Crippen molar-refractivity contribution < 1.29 is 9.53 Å². The summed E-state index contributed by atoms with van der Waals surface area (Å²) >= 11 is 3.99. The largest absolute Gasteiger partial charge is 0.484 e. The highest BCUT2D eigenvalue weighted by Crippen LogP contribution is 2.43. The average Bonchev–Trinajstić information content (AvgIpc) is 2.64. The molecule has 1 aromatic heterocycles. The van der Waals surface area contributed by atoms with E-state index in [1.807, 2.05) is 62.5 Å². The van der Waals surface area contributed by atoms with Crippen LogP contribution in [0.2, 0.25) is 0 Å². The molecule has 26 heavy (non-hydrogen) atoms. The van der Waals surface area contributed by atoms with Crippen molar-refractivity contribution in [3.8, 4) is 5.75 Å². The van der Waals surface area contributed by atoms with Crippen molar-refractivity contribution in [3.05, 3.63) is 52.8 Å². The van der Waals surface area contributed by atoms with Crippen molar-refractivity contribution >= 4 is 35.1 Å². The summed E-state index contributed by atoms with van der Waals surface area (Å²) in [6, 6.07) is 10.1. The van der Waals surface area contributed by atoms with Gasteiger partial charge in [-0.15, -0.1) is 23.5 Å². The fourth-order valence-electron chi connectivity index (χ4n) is 2.94. The summed E-state index contributed by atoms with van der Waals surface area (Å²) in [4.78, 5) is 16.6. The minimum atomic E-state index is -0.177. The molecule has 1 saturated heterocycles. The van der Waals surface area contributed by atoms with Crippen molar-refractivity contribution in [2.45, 2.75) is 31.8 Å². The van der Waals surface area contributed by atoms with Gasteiger partial charge in [0.15, 0.2) is 6.61 Å². The number of ether oxygens (including phenoxy) is 1. The van der Waals surface area contributed by atoms with Crippen LogP contribution in [0.3, 0.4) is 0 Å². The molecule has 6 heteroatoms. The van der Waals surface area contributed by atoms with Crippen molar-refractivity contribution in [1.82, 2.24) is 4.98 Å². The van der Waals surface area contributed by atoms with Crippen LogP contribution in [-0.2, 0) is 4.79 Å². The number of benzene rings is 1. The van der Waals surface area contributed by atoms with Crippen LogP contribution in [0.1, 0.15) is 33.5 Å². The molecule has 1 aromatic carbocycles. The van der Waals surface area contributed by atoms with Crippen LogP contribution in [0.5, 0.6) is 5.75 Å². The van der Waals surface area contributed by atoms with E-state index in [-0.39, 0.29) is 12.5 Å². The molecule has 0 atom stereocenters. The quantitative estimate of drug-likeness (QED) is 0.790. The highest BCUT2D eigenvalue weighted by atomic mass is 32.2. The monoisotopic (exact) mass is 388 g/mol. The van der Waals surface area contributed by atoms with E-state index in [2.05, 4.69) is 22.4 Å². The number of aromatic nitrogens is 1. The molecule has 1 amide bonds. The van der Waals surface area contributed by atoms with Gasteiger partial charge in [0.05, 0.1) is 16.0 Å². The van der Waals surface area contributed by atoms with E-state index in [1.54, 1.807) is 0 Å². The second-order valence-corrected chi connectivity index (χ2v) is 9.10. The van der Waals surface area contributed by atoms with E-state index in [9.17, 15) is 4.79 Å². The van der Waals surface area contributed by atoms with Gasteiger partial charge < -0.3 is 10.1 Å². The maximum Gasteiger partial charge on any atom is 0.262 e. The molecule has 0 unspecified atom stereocenters. The number of nitrogens with one attached hydrogen (secondary N) is 1. The van der Waals surface area contributed by atoms with Gasteiger partial charge in [0.25, 0.3) is 5.91 Å². The van der Waals surface area contributed by atoms with Gasteiger partial charge in [-0.1, -0.05) is 12.1 Å². The topological polar surface area (TPSA) is 51.2 Å². The van der Waals surface area contributed by atoms with Gasteiger partial charge in [0.2, 0.25) is 0 Å². The molecule has 0 aliphatic carbocycles. The lowest BCUT2D eigenvalue weighted by Gasteiger charge is -2.21. The van der Waals surface area contributed by atoms with E-state index in [0.717, 1.165) is 22.6 Å². The smallest absolute Gasteiger partial charge is 0.262 e. The predicted molar refractivity (Wildman–Crippen MR) is 111 cm³/mol. The lowest BCUT2D eigenvalue weighted by molar-refractivity contribution is -0.118. The number of anilines is 1. The van der Waals surface area contributed by atoms with Gasteiger partial charge in [0.1, 0.15) is 5.75 Å². The van der Waals surface area contributed by atoms with Crippen LogP contribution in [0.4, 0.5) is 5.69 Å². The van der Waals surface area contributed by atoms with Gasteiger partial charge in [-0.3, -0.25) is 9.78 Å². The average molecular weight is 389 g/mol. The molecule has 0 spiro atoms. The van der Waals surface area contributed by atoms with Gasteiger partial charge in [0, 0.05) is 5.69 Å². The number of nitrogens with zero attached hydrogens (tertiary/aromatic N) is 1. The van der Waals surface area contributed by atoms with Crippen LogP contribution in [0.25, 0.3) is 0 Å². The van der Waals surface area contributed by atoms with Gasteiger partial charge in [-0.05, 0) is 68.0 Å². The van der Waals surface area contributed by atoms with Crippen molar-refractivity contribution in [2.75, 3.05) is 23.4 Å². The molecule has 0 bridgehead atoms. The van der Waals surface area contributed by atoms with Gasteiger partial charge >= 0.3 is 0 Å². The fourth-order valence-corrected chi connectivity index (χ4v) is 5.83. The number of rotatable bonds is 5. The summed E-state index contributed by atoms with van der Waals surface area (Å²) in [7, 11) is 0. The van der Waals surface area contributed by atoms with Crippen LogP contribution in [0, 0.1) is 20.8 Å². The Morgan fingerprint density at radius 3 is 2.54 bits per heavy atom. The maximum atomic E-state index is 12.2. The Morgan fingerprint density at radius 2 is 1.88 bits per heavy atom. The molecular weight excluding hydrogens is 364 g/mol. The molecule has 1 aliphatic rings. The van der Waals surface area contributed by atoms with Crippen molar-refractivity contribution in [3.63, 3.8) is 0 Å². The lowest BCUT2D eigenvalue weighted by atomic mass is 10.1. The Hall–Kier alpha value is -1.66. The molecule has 0 saturated carbocycles. The molecule has 2 aromatic rings. The molecule has 1 N–H and O–H groups in total. The number of thioether (sulfide) groups is 2. The molecule has 1 aliphatic heterocycles. The Labute approximate surface area is 163 Å². The van der Waals surface area contributed by atoms with Crippen molar-refractivity contribution in [1.29, 1.82) is 0 Å². The number of carbonyl (C=O) groups excluding carboxylic acids is 1. The first-order valence-electron chi connectivity index (χ1n) is 8.73. The highest BCUT2D eigenvalue weighted by Gasteiger charge is 2.16. The Balaban J connectivity index is 1.54. The first kappa shape index (κ1) is 19.1. The number of pyridine rings is 1. The summed E-state index contributed by atoms with van der Waals surface area (Å²) < 4.78 is 6.15. The SMILES string of the molecule is Cc1cc(C)c(NC(=O)COc2ccc(C3SCCCS3)cc2)c(C)n1. The maximum absolute atomic E-state index is 12.2. The summed E-state index contributed by atoms with van der Waals surface area (Å²) in [6.07, 6.45) is 1.29. The van der Waals surface area contributed by atoms with Crippen LogP contribution in [-0.4, -0.2) is 29.0 Å². The number of hydrogen-bond donors (Lipinski definition) is 1. The molecular formula is C20H24N2O2S2. The Kier molecular flexibility index (Phi) is 6.48. The molecule has 1 fully saturated rings. The minimum Gasteiger partial charge on any atom is -0.484 e. The number of aryl methyl sites for hydroxylation is 3. The van der Waals surface area contributed by atoms with Crippen LogP contribution < -0.4 is 10.1 Å². The third-order valence-electron chi connectivity index (χ3n) is 4.14. The van der Waals surface area contributed by atoms with Crippen LogP contribution in [0.15, 0.2) is 30.3 Å². The normalized spacial score (nSPS) is 14.9. The summed E-state index contributed by atoms with van der Waals surface area (Å²) in [5.41, 5.74) is 4.86. The zero-order valence-electron chi connectivity index (χ0n) is 15.4. The van der Waals surface area contributed by atoms with E-state index >= 15 is 0 Å². The van der Waals surface area contributed by atoms with Gasteiger partial charge in [-0.25, -0.2) is 0 Å². The molecule has 0 radical (unpaired) electrons. The zero-order valence-corrected chi connectivity index (χ0v) is 17.0. The summed E-state index contributed by atoms with van der Waals surface area (Å²) in [5, 5.41) is 2.91. The third-order valence-corrected chi connectivity index (χ3v) is 7.15. The third kappa shape index (κ3) is 4.95. The highest BCUT2D eigenvalue weighted by molar-refractivity contribution is 8.16. The molecule has 4 nitrogen and oxygen atoms in total. The Morgan fingerprint density at radius 1 is 1.19 bits per heavy atom. The Bertz CT molecular complexity index is 749. The summed E-state index contributed by atoms with van der Waals surface area (Å²) in [5.74, 6) is 2.99. The summed E-state index contributed by atoms with van der Waals surface area (Å²) in [6.45, 7) is 5.80. The number of amides is 1. The fraction of sp³-hybridized carbons (Fsp3) is 0.400. The van der Waals surface area contributed by atoms with E-state index < -0.39 is 0 Å². The first-order valence-corrected chi connectivity index (χ1v) is 10.8.